The Labute approximate surface area is 116 Å². The van der Waals surface area contributed by atoms with E-state index in [4.69, 9.17) is 11.6 Å². The van der Waals surface area contributed by atoms with Crippen LogP contribution in [-0.4, -0.2) is 16.9 Å². The van der Waals surface area contributed by atoms with Crippen molar-refractivity contribution in [2.45, 2.75) is 25.7 Å². The van der Waals surface area contributed by atoms with E-state index in [1.807, 2.05) is 0 Å². The standard InChI is InChI=1S/C14H14ClNO3/c15-11-7-8(5-6-12(11)17)16-13(18)9-3-1-2-4-10(9)14(16)19/h5-7,9-10,17H,1-4H2. The van der Waals surface area contributed by atoms with E-state index in [1.54, 1.807) is 6.07 Å². The largest absolute Gasteiger partial charge is 0.506 e. The van der Waals surface area contributed by atoms with Crippen molar-refractivity contribution < 1.29 is 14.7 Å². The highest BCUT2D eigenvalue weighted by atomic mass is 35.5. The maximum atomic E-state index is 12.3. The van der Waals surface area contributed by atoms with E-state index in [1.165, 1.54) is 17.0 Å². The molecule has 0 radical (unpaired) electrons. The number of carbonyl (C=O) groups excluding carboxylic acids is 2. The summed E-state index contributed by atoms with van der Waals surface area (Å²) in [5, 5.41) is 9.55. The van der Waals surface area contributed by atoms with Crippen molar-refractivity contribution >= 4 is 29.1 Å². The third-order valence-corrected chi connectivity index (χ3v) is 4.33. The molecule has 0 bridgehead atoms. The molecule has 2 amide bonds. The molecule has 1 saturated heterocycles. The molecule has 0 aromatic heterocycles. The van der Waals surface area contributed by atoms with E-state index >= 15 is 0 Å². The normalized spacial score (nSPS) is 26.7. The second-order valence-electron chi connectivity index (χ2n) is 5.15. The number of imide groups is 1. The van der Waals surface area contributed by atoms with Gasteiger partial charge in [0.15, 0.2) is 0 Å². The number of benzene rings is 1. The van der Waals surface area contributed by atoms with Gasteiger partial charge in [-0.05, 0) is 31.0 Å². The van der Waals surface area contributed by atoms with Gasteiger partial charge in [0, 0.05) is 0 Å². The van der Waals surface area contributed by atoms with Crippen molar-refractivity contribution in [2.24, 2.45) is 11.8 Å². The first-order chi connectivity index (χ1) is 9.09. The van der Waals surface area contributed by atoms with Crippen LogP contribution in [0.3, 0.4) is 0 Å². The van der Waals surface area contributed by atoms with Gasteiger partial charge in [0.05, 0.1) is 22.5 Å². The maximum absolute atomic E-state index is 12.3. The zero-order chi connectivity index (χ0) is 13.6. The molecule has 1 N–H and O–H groups in total. The third kappa shape index (κ3) is 1.91. The number of phenolic OH excluding ortho intramolecular Hbond substituents is 1. The minimum Gasteiger partial charge on any atom is -0.506 e. The quantitative estimate of drug-likeness (QED) is 0.804. The molecule has 5 heteroatoms. The van der Waals surface area contributed by atoms with Crippen LogP contribution in [0.25, 0.3) is 0 Å². The summed E-state index contributed by atoms with van der Waals surface area (Å²) in [5.74, 6) is -0.655. The summed E-state index contributed by atoms with van der Waals surface area (Å²) in [6, 6.07) is 4.42. The molecule has 1 aromatic carbocycles. The Morgan fingerprint density at radius 1 is 1.11 bits per heavy atom. The first kappa shape index (κ1) is 12.5. The van der Waals surface area contributed by atoms with Gasteiger partial charge in [0.2, 0.25) is 11.8 Å². The third-order valence-electron chi connectivity index (χ3n) is 4.03. The lowest BCUT2D eigenvalue weighted by atomic mass is 9.81. The number of anilines is 1. The number of phenols is 1. The van der Waals surface area contributed by atoms with E-state index in [0.717, 1.165) is 25.7 Å². The van der Waals surface area contributed by atoms with Gasteiger partial charge in [0.25, 0.3) is 0 Å². The average Bonchev–Trinajstić information content (AvgIpc) is 2.66. The zero-order valence-corrected chi connectivity index (χ0v) is 11.1. The van der Waals surface area contributed by atoms with Crippen molar-refractivity contribution in [2.75, 3.05) is 4.90 Å². The number of amides is 2. The molecule has 1 heterocycles. The number of carbonyl (C=O) groups is 2. The lowest BCUT2D eigenvalue weighted by Gasteiger charge is -2.19. The van der Waals surface area contributed by atoms with Crippen LogP contribution in [0.4, 0.5) is 5.69 Å². The van der Waals surface area contributed by atoms with Crippen molar-refractivity contribution in [3.8, 4) is 5.75 Å². The molecule has 1 saturated carbocycles. The molecule has 0 spiro atoms. The fraction of sp³-hybridized carbons (Fsp3) is 0.429. The summed E-state index contributed by atoms with van der Waals surface area (Å²) in [7, 11) is 0. The van der Waals surface area contributed by atoms with Crippen LogP contribution in [0.1, 0.15) is 25.7 Å². The Balaban J connectivity index is 1.98. The van der Waals surface area contributed by atoms with Crippen LogP contribution in [0.15, 0.2) is 18.2 Å². The van der Waals surface area contributed by atoms with Crippen LogP contribution in [0.5, 0.6) is 5.75 Å². The monoisotopic (exact) mass is 279 g/mol. The van der Waals surface area contributed by atoms with Crippen molar-refractivity contribution in [3.05, 3.63) is 23.2 Å². The summed E-state index contributed by atoms with van der Waals surface area (Å²) >= 11 is 5.84. The highest BCUT2D eigenvalue weighted by Crippen LogP contribution is 2.41. The number of nitrogens with zero attached hydrogens (tertiary/aromatic N) is 1. The highest BCUT2D eigenvalue weighted by Gasteiger charge is 2.48. The average molecular weight is 280 g/mol. The second kappa shape index (κ2) is 4.53. The Morgan fingerprint density at radius 3 is 2.21 bits per heavy atom. The van der Waals surface area contributed by atoms with Gasteiger partial charge in [-0.3, -0.25) is 9.59 Å². The summed E-state index contributed by atoms with van der Waals surface area (Å²) in [6.45, 7) is 0. The van der Waals surface area contributed by atoms with Gasteiger partial charge < -0.3 is 5.11 Å². The first-order valence-corrected chi connectivity index (χ1v) is 6.83. The predicted molar refractivity (Wildman–Crippen MR) is 71.1 cm³/mol. The number of halogens is 1. The minimum absolute atomic E-state index is 0.0538. The molecule has 2 unspecified atom stereocenters. The van der Waals surface area contributed by atoms with Crippen LogP contribution >= 0.6 is 11.6 Å². The summed E-state index contributed by atoms with van der Waals surface area (Å²) in [6.07, 6.45) is 3.59. The zero-order valence-electron chi connectivity index (χ0n) is 10.3. The van der Waals surface area contributed by atoms with Gasteiger partial charge in [0.1, 0.15) is 5.75 Å². The van der Waals surface area contributed by atoms with E-state index in [0.29, 0.717) is 5.69 Å². The number of aromatic hydroxyl groups is 1. The topological polar surface area (TPSA) is 57.6 Å². The lowest BCUT2D eigenvalue weighted by molar-refractivity contribution is -0.122. The molecule has 19 heavy (non-hydrogen) atoms. The summed E-state index contributed by atoms with van der Waals surface area (Å²) < 4.78 is 0. The van der Waals surface area contributed by atoms with E-state index in [2.05, 4.69) is 0 Å². The number of hydrogen-bond acceptors (Lipinski definition) is 3. The number of hydrogen-bond donors (Lipinski definition) is 1. The van der Waals surface area contributed by atoms with Crippen molar-refractivity contribution in [1.29, 1.82) is 0 Å². The van der Waals surface area contributed by atoms with Gasteiger partial charge in [-0.1, -0.05) is 24.4 Å². The predicted octanol–water partition coefficient (Wildman–Crippen LogP) is 2.73. The molecular weight excluding hydrogens is 266 g/mol. The molecule has 2 atom stereocenters. The SMILES string of the molecule is O=C1C2CCCCC2C(=O)N1c1ccc(O)c(Cl)c1. The molecular formula is C14H14ClNO3. The summed E-state index contributed by atoms with van der Waals surface area (Å²) in [4.78, 5) is 25.9. The fourth-order valence-corrected chi connectivity index (χ4v) is 3.23. The van der Waals surface area contributed by atoms with Crippen molar-refractivity contribution in [1.82, 2.24) is 0 Å². The molecule has 1 aliphatic heterocycles. The van der Waals surface area contributed by atoms with E-state index < -0.39 is 0 Å². The van der Waals surface area contributed by atoms with Crippen molar-refractivity contribution in [3.63, 3.8) is 0 Å². The fourth-order valence-electron chi connectivity index (χ4n) is 3.05. The van der Waals surface area contributed by atoms with Crippen LogP contribution in [-0.2, 0) is 9.59 Å². The first-order valence-electron chi connectivity index (χ1n) is 6.46. The molecule has 2 fully saturated rings. The lowest BCUT2D eigenvalue weighted by Crippen LogP contribution is -2.30. The van der Waals surface area contributed by atoms with Crippen LogP contribution in [0, 0.1) is 11.8 Å². The van der Waals surface area contributed by atoms with E-state index in [9.17, 15) is 14.7 Å². The molecule has 1 aliphatic carbocycles. The number of rotatable bonds is 1. The maximum Gasteiger partial charge on any atom is 0.237 e. The molecule has 1 aromatic rings. The van der Waals surface area contributed by atoms with Crippen LogP contribution < -0.4 is 4.90 Å². The van der Waals surface area contributed by atoms with Crippen LogP contribution in [0.2, 0.25) is 5.02 Å². The molecule has 4 nitrogen and oxygen atoms in total. The molecule has 100 valence electrons. The van der Waals surface area contributed by atoms with Gasteiger partial charge in [-0.2, -0.15) is 0 Å². The Morgan fingerprint density at radius 2 is 1.68 bits per heavy atom. The van der Waals surface area contributed by atoms with E-state index in [-0.39, 0.29) is 34.4 Å². The Hall–Kier alpha value is -1.55. The molecule has 3 rings (SSSR count). The van der Waals surface area contributed by atoms with Gasteiger partial charge in [-0.25, -0.2) is 4.90 Å². The smallest absolute Gasteiger partial charge is 0.237 e. The summed E-state index contributed by atoms with van der Waals surface area (Å²) in [5.41, 5.74) is 0.451. The second-order valence-corrected chi connectivity index (χ2v) is 5.55. The minimum atomic E-state index is -0.172. The highest BCUT2D eigenvalue weighted by molar-refractivity contribution is 6.32. The molecule has 2 aliphatic rings. The van der Waals surface area contributed by atoms with Gasteiger partial charge >= 0.3 is 0 Å². The Bertz CT molecular complexity index is 534. The number of fused-ring (bicyclic) bond motifs is 1. The Kier molecular flexibility index (Phi) is 2.97. The van der Waals surface area contributed by atoms with Gasteiger partial charge in [-0.15, -0.1) is 0 Å².